The molecule has 2 N–H and O–H groups in total. The van der Waals surface area contributed by atoms with E-state index in [2.05, 4.69) is 36.2 Å². The first-order chi connectivity index (χ1) is 6.27. The highest BCUT2D eigenvalue weighted by Crippen LogP contribution is 2.26. The Labute approximate surface area is 79.4 Å². The molecule has 0 saturated heterocycles. The smallest absolute Gasteiger partial charge is 0.0366 e. The lowest BCUT2D eigenvalue weighted by atomic mass is 9.86. The Morgan fingerprint density at radius 1 is 1.23 bits per heavy atom. The van der Waals surface area contributed by atoms with Gasteiger partial charge in [0.1, 0.15) is 0 Å². The molecule has 0 aromatic heterocycles. The van der Waals surface area contributed by atoms with E-state index in [-0.39, 0.29) is 0 Å². The van der Waals surface area contributed by atoms with Crippen LogP contribution in [-0.2, 0) is 0 Å². The molecule has 0 unspecified atom stereocenters. The van der Waals surface area contributed by atoms with Crippen LogP contribution in [0.5, 0.6) is 0 Å². The lowest BCUT2D eigenvalue weighted by molar-refractivity contribution is 0.340. The van der Waals surface area contributed by atoms with Crippen LogP contribution in [0.25, 0.3) is 0 Å². The highest BCUT2D eigenvalue weighted by atomic mass is 15.1. The van der Waals surface area contributed by atoms with Gasteiger partial charge in [0.25, 0.3) is 0 Å². The molecule has 1 aromatic rings. The minimum Gasteiger partial charge on any atom is -0.371 e. The summed E-state index contributed by atoms with van der Waals surface area (Å²) >= 11 is 0. The second-order valence-corrected chi connectivity index (χ2v) is 3.83. The topological polar surface area (TPSA) is 29.3 Å². The fourth-order valence-corrected chi connectivity index (χ4v) is 1.82. The molecule has 0 spiro atoms. The van der Waals surface area contributed by atoms with Gasteiger partial charge in [-0.25, -0.2) is 0 Å². The lowest BCUT2D eigenvalue weighted by Gasteiger charge is -2.40. The van der Waals surface area contributed by atoms with Crippen LogP contribution in [0, 0.1) is 0 Å². The maximum atomic E-state index is 5.76. The summed E-state index contributed by atoms with van der Waals surface area (Å²) in [5, 5.41) is 0. The first-order valence-corrected chi connectivity index (χ1v) is 4.81. The average Bonchev–Trinajstić information content (AvgIpc) is 2.13. The van der Waals surface area contributed by atoms with Gasteiger partial charge in [0.2, 0.25) is 0 Å². The Kier molecular flexibility index (Phi) is 2.23. The average molecular weight is 176 g/mol. The van der Waals surface area contributed by atoms with Crippen LogP contribution in [0.2, 0.25) is 0 Å². The Hall–Kier alpha value is -1.02. The van der Waals surface area contributed by atoms with Crippen LogP contribution in [0.1, 0.15) is 12.8 Å². The van der Waals surface area contributed by atoms with E-state index < -0.39 is 0 Å². The molecule has 2 rings (SSSR count). The van der Waals surface area contributed by atoms with E-state index in [1.165, 1.54) is 5.69 Å². The van der Waals surface area contributed by atoms with Gasteiger partial charge in [0.15, 0.2) is 0 Å². The van der Waals surface area contributed by atoms with Crippen molar-refractivity contribution in [2.45, 2.75) is 24.9 Å². The maximum Gasteiger partial charge on any atom is 0.0366 e. The number of benzene rings is 1. The van der Waals surface area contributed by atoms with Crippen LogP contribution in [0.15, 0.2) is 30.3 Å². The Balaban J connectivity index is 2.02. The highest BCUT2D eigenvalue weighted by molar-refractivity contribution is 5.46. The number of para-hydroxylation sites is 1. The third-order valence-electron chi connectivity index (χ3n) is 2.86. The van der Waals surface area contributed by atoms with Crippen molar-refractivity contribution in [3.63, 3.8) is 0 Å². The zero-order chi connectivity index (χ0) is 9.26. The predicted molar refractivity (Wildman–Crippen MR) is 55.8 cm³/mol. The monoisotopic (exact) mass is 176 g/mol. The van der Waals surface area contributed by atoms with Crippen molar-refractivity contribution in [1.29, 1.82) is 0 Å². The van der Waals surface area contributed by atoms with Crippen LogP contribution >= 0.6 is 0 Å². The fraction of sp³-hybridized carbons (Fsp3) is 0.455. The molecule has 1 saturated carbocycles. The predicted octanol–water partition coefficient (Wildman–Crippen LogP) is 1.61. The zero-order valence-corrected chi connectivity index (χ0v) is 7.98. The largest absolute Gasteiger partial charge is 0.371 e. The Morgan fingerprint density at radius 3 is 2.38 bits per heavy atom. The van der Waals surface area contributed by atoms with E-state index in [1.54, 1.807) is 0 Å². The Bertz CT molecular complexity index is 265. The van der Waals surface area contributed by atoms with Crippen LogP contribution in [-0.4, -0.2) is 19.1 Å². The van der Waals surface area contributed by atoms with Gasteiger partial charge < -0.3 is 10.6 Å². The van der Waals surface area contributed by atoms with Gasteiger partial charge in [-0.2, -0.15) is 0 Å². The molecule has 0 bridgehead atoms. The second-order valence-electron chi connectivity index (χ2n) is 3.83. The van der Waals surface area contributed by atoms with Gasteiger partial charge in [-0.05, 0) is 25.0 Å². The summed E-state index contributed by atoms with van der Waals surface area (Å²) in [7, 11) is 2.14. The van der Waals surface area contributed by atoms with Gasteiger partial charge in [0, 0.05) is 24.8 Å². The van der Waals surface area contributed by atoms with Crippen molar-refractivity contribution >= 4 is 5.69 Å². The van der Waals surface area contributed by atoms with E-state index in [4.69, 9.17) is 5.73 Å². The molecule has 70 valence electrons. The van der Waals surface area contributed by atoms with Crippen molar-refractivity contribution in [2.24, 2.45) is 5.73 Å². The highest BCUT2D eigenvalue weighted by Gasteiger charge is 2.29. The van der Waals surface area contributed by atoms with Crippen molar-refractivity contribution in [2.75, 3.05) is 11.9 Å². The van der Waals surface area contributed by atoms with Crippen LogP contribution in [0.3, 0.4) is 0 Å². The molecule has 0 heterocycles. The molecular weight excluding hydrogens is 160 g/mol. The first kappa shape index (κ1) is 8.57. The summed E-state index contributed by atoms with van der Waals surface area (Å²) in [6, 6.07) is 11.6. The number of rotatable bonds is 2. The quantitative estimate of drug-likeness (QED) is 0.741. The van der Waals surface area contributed by atoms with E-state index in [0.717, 1.165) is 12.8 Å². The van der Waals surface area contributed by atoms with Crippen molar-refractivity contribution in [1.82, 2.24) is 0 Å². The molecule has 2 nitrogen and oxygen atoms in total. The van der Waals surface area contributed by atoms with Gasteiger partial charge in [-0.15, -0.1) is 0 Å². The van der Waals surface area contributed by atoms with E-state index in [1.807, 2.05) is 6.07 Å². The second kappa shape index (κ2) is 3.38. The number of anilines is 1. The normalized spacial score (nSPS) is 26.6. The van der Waals surface area contributed by atoms with Crippen molar-refractivity contribution < 1.29 is 0 Å². The fourth-order valence-electron chi connectivity index (χ4n) is 1.82. The van der Waals surface area contributed by atoms with Crippen LogP contribution in [0.4, 0.5) is 5.69 Å². The summed E-state index contributed by atoms with van der Waals surface area (Å²) in [5.41, 5.74) is 7.05. The minimum atomic E-state index is 0.427. The number of nitrogens with zero attached hydrogens (tertiary/aromatic N) is 1. The summed E-state index contributed by atoms with van der Waals surface area (Å²) < 4.78 is 0. The zero-order valence-electron chi connectivity index (χ0n) is 7.98. The third kappa shape index (κ3) is 1.68. The first-order valence-electron chi connectivity index (χ1n) is 4.81. The molecule has 2 heteroatoms. The van der Waals surface area contributed by atoms with Crippen molar-refractivity contribution in [3.05, 3.63) is 30.3 Å². The maximum absolute atomic E-state index is 5.76. The summed E-state index contributed by atoms with van der Waals surface area (Å²) in [4.78, 5) is 2.32. The molecule has 1 aliphatic carbocycles. The SMILES string of the molecule is CN(c1ccccc1)C1CC(N)C1. The van der Waals surface area contributed by atoms with E-state index in [0.29, 0.717) is 12.1 Å². The molecular formula is C11H16N2. The minimum absolute atomic E-state index is 0.427. The van der Waals surface area contributed by atoms with Gasteiger partial charge in [0.05, 0.1) is 0 Å². The summed E-state index contributed by atoms with van der Waals surface area (Å²) in [6.45, 7) is 0. The van der Waals surface area contributed by atoms with E-state index in [9.17, 15) is 0 Å². The molecule has 0 amide bonds. The Morgan fingerprint density at radius 2 is 1.85 bits per heavy atom. The molecule has 1 fully saturated rings. The molecule has 13 heavy (non-hydrogen) atoms. The number of hydrogen-bond donors (Lipinski definition) is 1. The van der Waals surface area contributed by atoms with Crippen LogP contribution < -0.4 is 10.6 Å². The molecule has 0 radical (unpaired) electrons. The van der Waals surface area contributed by atoms with Gasteiger partial charge in [-0.3, -0.25) is 0 Å². The number of hydrogen-bond acceptors (Lipinski definition) is 2. The molecule has 0 atom stereocenters. The summed E-state index contributed by atoms with van der Waals surface area (Å²) in [6.07, 6.45) is 2.26. The molecule has 1 aromatic carbocycles. The summed E-state index contributed by atoms with van der Waals surface area (Å²) in [5.74, 6) is 0. The standard InChI is InChI=1S/C11H16N2/c1-13(11-7-9(12)8-11)10-5-3-2-4-6-10/h2-6,9,11H,7-8,12H2,1H3. The lowest BCUT2D eigenvalue weighted by Crippen LogP contribution is -2.49. The third-order valence-corrected chi connectivity index (χ3v) is 2.86. The van der Waals surface area contributed by atoms with Crippen molar-refractivity contribution in [3.8, 4) is 0 Å². The molecule has 0 aliphatic heterocycles. The number of nitrogens with two attached hydrogens (primary N) is 1. The van der Waals surface area contributed by atoms with Gasteiger partial charge in [-0.1, -0.05) is 18.2 Å². The molecule has 1 aliphatic rings. The van der Waals surface area contributed by atoms with E-state index >= 15 is 0 Å². The van der Waals surface area contributed by atoms with Gasteiger partial charge >= 0.3 is 0 Å².